The molecule has 5 heteroatoms. The van der Waals surface area contributed by atoms with E-state index in [1.165, 1.54) is 28.0 Å². The smallest absolute Gasteiger partial charge is 0.269 e. The zero-order valence-corrected chi connectivity index (χ0v) is 17.8. The van der Waals surface area contributed by atoms with Crippen LogP contribution in [0.5, 0.6) is 0 Å². The molecule has 0 aliphatic carbocycles. The summed E-state index contributed by atoms with van der Waals surface area (Å²) in [6.45, 7) is 7.55. The number of aromatic nitrogens is 1. The summed E-state index contributed by atoms with van der Waals surface area (Å²) in [6.07, 6.45) is 3.33. The molecule has 0 aliphatic rings. The molecule has 0 spiro atoms. The number of hydrogen-bond donors (Lipinski definition) is 0. The van der Waals surface area contributed by atoms with Gasteiger partial charge in [-0.2, -0.15) is 0 Å². The molecule has 1 aromatic heterocycles. The molecule has 0 bridgehead atoms. The molecule has 29 heavy (non-hydrogen) atoms. The predicted molar refractivity (Wildman–Crippen MR) is 117 cm³/mol. The first-order valence-electron chi connectivity index (χ1n) is 9.43. The van der Waals surface area contributed by atoms with E-state index in [1.807, 2.05) is 58.0 Å². The van der Waals surface area contributed by atoms with Crippen molar-refractivity contribution < 1.29 is 9.18 Å². The molecule has 0 amide bonds. The van der Waals surface area contributed by atoms with Gasteiger partial charge in [-0.3, -0.25) is 14.2 Å². The fourth-order valence-electron chi connectivity index (χ4n) is 2.81. The predicted octanol–water partition coefficient (Wildman–Crippen LogP) is 3.63. The van der Waals surface area contributed by atoms with Gasteiger partial charge in [0.05, 0.1) is 11.1 Å². The number of hydrogen-bond acceptors (Lipinski definition) is 3. The second-order valence-corrected chi connectivity index (χ2v) is 9.11. The number of Topliss-reactive ketones (excluding diaryl/α,β-unsaturated/α-hetero) is 1. The number of aryl methyl sites for hydroxylation is 1. The van der Waals surface area contributed by atoms with E-state index in [1.54, 1.807) is 18.2 Å². The fraction of sp³-hybridized carbons (Fsp3) is 0.250. The minimum atomic E-state index is -0.567. The maximum atomic E-state index is 14.2. The van der Waals surface area contributed by atoms with Gasteiger partial charge in [0.2, 0.25) is 0 Å². The van der Waals surface area contributed by atoms with Crippen LogP contribution in [0.3, 0.4) is 0 Å². The zero-order valence-electron chi connectivity index (χ0n) is 17.0. The largest absolute Gasteiger partial charge is 0.294 e. The number of thiazole rings is 1. The van der Waals surface area contributed by atoms with E-state index >= 15 is 0 Å². The monoisotopic (exact) mass is 409 g/mol. The average molecular weight is 410 g/mol. The van der Waals surface area contributed by atoms with Crippen molar-refractivity contribution >= 4 is 29.3 Å². The molecule has 0 radical (unpaired) electrons. The molecule has 0 N–H and O–H groups in total. The summed E-state index contributed by atoms with van der Waals surface area (Å²) in [5, 5.41) is 0. The lowest BCUT2D eigenvalue weighted by Crippen LogP contribution is -2.33. The molecule has 0 unspecified atom stereocenters. The van der Waals surface area contributed by atoms with Crippen LogP contribution in [0.4, 0.5) is 4.39 Å². The lowest BCUT2D eigenvalue weighted by atomic mass is 9.91. The molecule has 2 aromatic carbocycles. The number of carbonyl (C=O) groups is 1. The van der Waals surface area contributed by atoms with Gasteiger partial charge in [0.25, 0.3) is 5.56 Å². The Balaban J connectivity index is 2.23. The highest BCUT2D eigenvalue weighted by atomic mass is 32.1. The van der Waals surface area contributed by atoms with Crippen molar-refractivity contribution in [1.29, 1.82) is 0 Å². The second kappa shape index (κ2) is 8.29. The van der Waals surface area contributed by atoms with Crippen molar-refractivity contribution in [2.45, 2.75) is 34.2 Å². The van der Waals surface area contributed by atoms with Crippen LogP contribution >= 0.6 is 11.3 Å². The van der Waals surface area contributed by atoms with Gasteiger partial charge >= 0.3 is 0 Å². The van der Waals surface area contributed by atoms with E-state index < -0.39 is 5.41 Å². The summed E-state index contributed by atoms with van der Waals surface area (Å²) < 4.78 is 16.7. The Bertz CT molecular complexity index is 1230. The molecule has 3 rings (SSSR count). The van der Waals surface area contributed by atoms with Gasteiger partial charge in [0.1, 0.15) is 10.5 Å². The first kappa shape index (κ1) is 20.9. The number of nitrogens with zero attached hydrogens (tertiary/aromatic N) is 1. The van der Waals surface area contributed by atoms with E-state index in [4.69, 9.17) is 0 Å². The van der Waals surface area contributed by atoms with Crippen LogP contribution < -0.4 is 14.8 Å². The summed E-state index contributed by atoms with van der Waals surface area (Å²) in [7, 11) is 0. The first-order valence-corrected chi connectivity index (χ1v) is 10.2. The van der Waals surface area contributed by atoms with E-state index in [9.17, 15) is 14.0 Å². The number of ketones is 1. The Morgan fingerprint density at radius 1 is 1.10 bits per heavy atom. The minimum absolute atomic E-state index is 0.0763. The Morgan fingerprint density at radius 3 is 2.41 bits per heavy atom. The third kappa shape index (κ3) is 4.80. The Kier molecular flexibility index (Phi) is 5.99. The standard InChI is InChI=1S/C24H24FNO2S/c1-16-9-5-6-10-17(16)13-20-23(28)26(15-18-11-7-8-12-19(18)25)22(29-20)14-21(27)24(2,3)4/h5-14H,15H2,1-4H3/b20-13-,22-14+. The van der Waals surface area contributed by atoms with E-state index in [0.717, 1.165) is 11.1 Å². The van der Waals surface area contributed by atoms with Crippen LogP contribution in [0.2, 0.25) is 0 Å². The van der Waals surface area contributed by atoms with Gasteiger partial charge in [0.15, 0.2) is 5.78 Å². The first-order chi connectivity index (χ1) is 13.7. The summed E-state index contributed by atoms with van der Waals surface area (Å²) in [5.41, 5.74) is 1.61. The normalized spacial score (nSPS) is 13.1. The molecule has 3 nitrogen and oxygen atoms in total. The van der Waals surface area contributed by atoms with Crippen molar-refractivity contribution in [2.24, 2.45) is 5.41 Å². The molecule has 1 heterocycles. The molecule has 150 valence electrons. The van der Waals surface area contributed by atoms with Crippen molar-refractivity contribution in [3.63, 3.8) is 0 Å². The van der Waals surface area contributed by atoms with Crippen LogP contribution in [-0.4, -0.2) is 10.4 Å². The number of benzene rings is 2. The highest BCUT2D eigenvalue weighted by Crippen LogP contribution is 2.15. The van der Waals surface area contributed by atoms with Gasteiger partial charge in [0, 0.05) is 17.1 Å². The molecule has 0 saturated carbocycles. The quantitative estimate of drug-likeness (QED) is 0.660. The van der Waals surface area contributed by atoms with Crippen LogP contribution in [0, 0.1) is 18.2 Å². The highest BCUT2D eigenvalue weighted by Gasteiger charge is 2.19. The van der Waals surface area contributed by atoms with Crippen LogP contribution in [0.25, 0.3) is 12.2 Å². The molecule has 3 aromatic rings. The van der Waals surface area contributed by atoms with Crippen molar-refractivity contribution in [3.8, 4) is 0 Å². The minimum Gasteiger partial charge on any atom is -0.294 e. The molecular formula is C24H24FNO2S. The van der Waals surface area contributed by atoms with Gasteiger partial charge in [-0.1, -0.05) is 63.2 Å². The van der Waals surface area contributed by atoms with Crippen LogP contribution in [0.15, 0.2) is 53.3 Å². The van der Waals surface area contributed by atoms with Crippen molar-refractivity contribution in [1.82, 2.24) is 4.57 Å². The van der Waals surface area contributed by atoms with Crippen LogP contribution in [-0.2, 0) is 11.3 Å². The lowest BCUT2D eigenvalue weighted by Gasteiger charge is -2.13. The summed E-state index contributed by atoms with van der Waals surface area (Å²) in [6, 6.07) is 14.2. The number of rotatable bonds is 4. The van der Waals surface area contributed by atoms with Gasteiger partial charge < -0.3 is 0 Å². The third-order valence-corrected chi connectivity index (χ3v) is 5.75. The fourth-order valence-corrected chi connectivity index (χ4v) is 3.84. The Morgan fingerprint density at radius 2 is 1.76 bits per heavy atom. The van der Waals surface area contributed by atoms with E-state index in [0.29, 0.717) is 14.8 Å². The van der Waals surface area contributed by atoms with Crippen molar-refractivity contribution in [3.05, 3.63) is 90.6 Å². The second-order valence-electron chi connectivity index (χ2n) is 8.05. The zero-order chi connectivity index (χ0) is 21.2. The maximum absolute atomic E-state index is 14.2. The average Bonchev–Trinajstić information content (AvgIpc) is 2.93. The van der Waals surface area contributed by atoms with E-state index in [-0.39, 0.29) is 23.7 Å². The molecule has 0 aliphatic heterocycles. The highest BCUT2D eigenvalue weighted by molar-refractivity contribution is 7.07. The third-order valence-electron chi connectivity index (χ3n) is 4.69. The summed E-state index contributed by atoms with van der Waals surface area (Å²) in [5.74, 6) is -0.452. The Hall–Kier alpha value is -2.79. The SMILES string of the molecule is Cc1ccccc1/C=c1\s/c(=C/C(=O)C(C)(C)C)n(Cc2ccccc2F)c1=O. The van der Waals surface area contributed by atoms with Gasteiger partial charge in [-0.05, 0) is 30.2 Å². The molecular weight excluding hydrogens is 385 g/mol. The summed E-state index contributed by atoms with van der Waals surface area (Å²) >= 11 is 1.26. The molecule has 0 atom stereocenters. The molecule has 0 fully saturated rings. The maximum Gasteiger partial charge on any atom is 0.269 e. The number of carbonyl (C=O) groups excluding carboxylic acids is 1. The van der Waals surface area contributed by atoms with Crippen LogP contribution in [0.1, 0.15) is 37.5 Å². The van der Waals surface area contributed by atoms with Gasteiger partial charge in [-0.25, -0.2) is 4.39 Å². The lowest BCUT2D eigenvalue weighted by molar-refractivity contribution is -0.120. The Labute approximate surface area is 173 Å². The molecule has 0 saturated heterocycles. The topological polar surface area (TPSA) is 39.1 Å². The summed E-state index contributed by atoms with van der Waals surface area (Å²) in [4.78, 5) is 25.7. The van der Waals surface area contributed by atoms with Gasteiger partial charge in [-0.15, -0.1) is 11.3 Å². The van der Waals surface area contributed by atoms with E-state index in [2.05, 4.69) is 0 Å². The number of halogens is 1. The van der Waals surface area contributed by atoms with Crippen molar-refractivity contribution in [2.75, 3.05) is 0 Å².